The van der Waals surface area contributed by atoms with Crippen LogP contribution >= 0.6 is 0 Å². The molecule has 1 unspecified atom stereocenters. The summed E-state index contributed by atoms with van der Waals surface area (Å²) in [6, 6.07) is 4.61. The monoisotopic (exact) mass is 265 g/mol. The van der Waals surface area contributed by atoms with Crippen LogP contribution in [0.4, 0.5) is 0 Å². The molecular formula is C14H19NO4. The maximum atomic E-state index is 12.0. The van der Waals surface area contributed by atoms with Crippen molar-refractivity contribution in [1.29, 1.82) is 0 Å². The Kier molecular flexibility index (Phi) is 5.36. The van der Waals surface area contributed by atoms with Gasteiger partial charge in [-0.15, -0.1) is 0 Å². The maximum absolute atomic E-state index is 12.0. The Bertz CT molecular complexity index is 471. The van der Waals surface area contributed by atoms with Crippen LogP contribution in [0.25, 0.3) is 0 Å². The van der Waals surface area contributed by atoms with Crippen molar-refractivity contribution in [3.8, 4) is 11.5 Å². The van der Waals surface area contributed by atoms with E-state index in [4.69, 9.17) is 9.47 Å². The van der Waals surface area contributed by atoms with Gasteiger partial charge < -0.3 is 14.8 Å². The summed E-state index contributed by atoms with van der Waals surface area (Å²) in [5.41, 5.74) is 0.276. The van der Waals surface area contributed by atoms with Crippen LogP contribution in [-0.2, 0) is 4.79 Å². The Balaban J connectivity index is 2.91. The molecule has 1 N–H and O–H groups in total. The molecule has 1 aromatic rings. The van der Waals surface area contributed by atoms with Crippen molar-refractivity contribution in [3.63, 3.8) is 0 Å². The third-order valence-electron chi connectivity index (χ3n) is 2.84. The number of nitrogens with one attached hydrogen (secondary N) is 1. The molecule has 0 aliphatic carbocycles. The van der Waals surface area contributed by atoms with Crippen LogP contribution < -0.4 is 14.8 Å². The highest BCUT2D eigenvalue weighted by molar-refractivity contribution is 6.42. The Hall–Kier alpha value is -2.04. The second kappa shape index (κ2) is 6.78. The van der Waals surface area contributed by atoms with Gasteiger partial charge in [0.15, 0.2) is 11.5 Å². The molecule has 1 aromatic carbocycles. The number of ether oxygens (including phenoxy) is 2. The minimum atomic E-state index is -0.610. The second-order valence-corrected chi connectivity index (χ2v) is 4.18. The number of rotatable bonds is 6. The van der Waals surface area contributed by atoms with E-state index in [1.54, 1.807) is 12.1 Å². The average molecular weight is 265 g/mol. The van der Waals surface area contributed by atoms with E-state index >= 15 is 0 Å². The fourth-order valence-corrected chi connectivity index (χ4v) is 1.50. The molecule has 0 aliphatic heterocycles. The molecule has 0 saturated heterocycles. The highest BCUT2D eigenvalue weighted by Gasteiger charge is 2.19. The van der Waals surface area contributed by atoms with E-state index in [1.807, 2.05) is 13.8 Å². The minimum absolute atomic E-state index is 0.0309. The van der Waals surface area contributed by atoms with Gasteiger partial charge in [0.05, 0.1) is 14.2 Å². The lowest BCUT2D eigenvalue weighted by Crippen LogP contribution is -2.37. The number of amides is 1. The molecule has 1 amide bonds. The van der Waals surface area contributed by atoms with E-state index in [9.17, 15) is 9.59 Å². The molecule has 0 fully saturated rings. The van der Waals surface area contributed by atoms with E-state index < -0.39 is 11.7 Å². The third kappa shape index (κ3) is 3.71. The molecule has 5 heteroatoms. The molecule has 104 valence electrons. The summed E-state index contributed by atoms with van der Waals surface area (Å²) in [6.45, 7) is 3.78. The predicted molar refractivity (Wildman–Crippen MR) is 71.8 cm³/mol. The van der Waals surface area contributed by atoms with Gasteiger partial charge in [-0.3, -0.25) is 9.59 Å². The van der Waals surface area contributed by atoms with Crippen molar-refractivity contribution < 1.29 is 19.1 Å². The van der Waals surface area contributed by atoms with E-state index in [1.165, 1.54) is 20.3 Å². The molecule has 1 atom stereocenters. The van der Waals surface area contributed by atoms with Gasteiger partial charge in [0, 0.05) is 11.6 Å². The van der Waals surface area contributed by atoms with Crippen LogP contribution in [0.15, 0.2) is 18.2 Å². The average Bonchev–Trinajstić information content (AvgIpc) is 2.45. The van der Waals surface area contributed by atoms with Crippen LogP contribution in [-0.4, -0.2) is 32.0 Å². The summed E-state index contributed by atoms with van der Waals surface area (Å²) in [7, 11) is 2.99. The largest absolute Gasteiger partial charge is 0.493 e. The minimum Gasteiger partial charge on any atom is -0.493 e. The van der Waals surface area contributed by atoms with Crippen molar-refractivity contribution in [2.45, 2.75) is 26.3 Å². The fraction of sp³-hybridized carbons (Fsp3) is 0.429. The van der Waals surface area contributed by atoms with Crippen LogP contribution in [0.2, 0.25) is 0 Å². The molecule has 5 nitrogen and oxygen atoms in total. The number of carbonyl (C=O) groups excluding carboxylic acids is 2. The van der Waals surface area contributed by atoms with E-state index in [0.29, 0.717) is 11.5 Å². The number of Topliss-reactive ketones (excluding diaryl/α,β-unsaturated/α-hetero) is 1. The van der Waals surface area contributed by atoms with Gasteiger partial charge in [-0.05, 0) is 31.5 Å². The van der Waals surface area contributed by atoms with Gasteiger partial charge >= 0.3 is 0 Å². The molecule has 19 heavy (non-hydrogen) atoms. The van der Waals surface area contributed by atoms with Crippen LogP contribution in [0.5, 0.6) is 11.5 Å². The molecule has 0 heterocycles. The third-order valence-corrected chi connectivity index (χ3v) is 2.84. The Morgan fingerprint density at radius 3 is 2.37 bits per heavy atom. The van der Waals surface area contributed by atoms with Crippen molar-refractivity contribution in [1.82, 2.24) is 5.32 Å². The van der Waals surface area contributed by atoms with E-state index in [0.717, 1.165) is 6.42 Å². The van der Waals surface area contributed by atoms with Crippen LogP contribution in [0.1, 0.15) is 30.6 Å². The predicted octanol–water partition coefficient (Wildman–Crippen LogP) is 1.80. The number of methoxy groups -OCH3 is 2. The summed E-state index contributed by atoms with van der Waals surface area (Å²) in [5, 5.41) is 2.63. The van der Waals surface area contributed by atoms with Gasteiger partial charge in [-0.25, -0.2) is 0 Å². The van der Waals surface area contributed by atoms with Gasteiger partial charge in [0.2, 0.25) is 5.78 Å². The first-order valence-electron chi connectivity index (χ1n) is 6.10. The zero-order valence-electron chi connectivity index (χ0n) is 11.6. The van der Waals surface area contributed by atoms with Gasteiger partial charge in [0.1, 0.15) is 0 Å². The van der Waals surface area contributed by atoms with Gasteiger partial charge in [-0.2, -0.15) is 0 Å². The van der Waals surface area contributed by atoms with Gasteiger partial charge in [0.25, 0.3) is 5.91 Å². The van der Waals surface area contributed by atoms with Crippen LogP contribution in [0.3, 0.4) is 0 Å². The smallest absolute Gasteiger partial charge is 0.292 e. The Labute approximate surface area is 112 Å². The molecule has 0 bridgehead atoms. The summed E-state index contributed by atoms with van der Waals surface area (Å²) >= 11 is 0. The number of carbonyl (C=O) groups is 2. The first-order valence-corrected chi connectivity index (χ1v) is 6.10. The summed E-state index contributed by atoms with van der Waals surface area (Å²) in [4.78, 5) is 23.7. The standard InChI is InChI=1S/C14H19NO4/c1-5-9(2)15-14(17)13(16)10-6-7-11(18-3)12(8-10)19-4/h6-9H,5H2,1-4H3,(H,15,17). The Morgan fingerprint density at radius 2 is 1.84 bits per heavy atom. The second-order valence-electron chi connectivity index (χ2n) is 4.18. The van der Waals surface area contributed by atoms with Crippen molar-refractivity contribution >= 4 is 11.7 Å². The van der Waals surface area contributed by atoms with Gasteiger partial charge in [-0.1, -0.05) is 6.92 Å². The van der Waals surface area contributed by atoms with E-state index in [2.05, 4.69) is 5.32 Å². The maximum Gasteiger partial charge on any atom is 0.292 e. The number of hydrogen-bond acceptors (Lipinski definition) is 4. The lowest BCUT2D eigenvalue weighted by Gasteiger charge is -2.11. The fourth-order valence-electron chi connectivity index (χ4n) is 1.50. The highest BCUT2D eigenvalue weighted by atomic mass is 16.5. The highest BCUT2D eigenvalue weighted by Crippen LogP contribution is 2.27. The first-order chi connectivity index (χ1) is 9.03. The zero-order chi connectivity index (χ0) is 14.4. The number of hydrogen-bond donors (Lipinski definition) is 1. The Morgan fingerprint density at radius 1 is 1.21 bits per heavy atom. The molecule has 0 aromatic heterocycles. The van der Waals surface area contributed by atoms with E-state index in [-0.39, 0.29) is 11.6 Å². The molecule has 0 aliphatic rings. The van der Waals surface area contributed by atoms with Crippen molar-refractivity contribution in [2.75, 3.05) is 14.2 Å². The summed E-state index contributed by atoms with van der Waals surface area (Å²) < 4.78 is 10.2. The quantitative estimate of drug-likeness (QED) is 0.629. The van der Waals surface area contributed by atoms with Crippen LogP contribution in [0, 0.1) is 0 Å². The molecular weight excluding hydrogens is 246 g/mol. The SMILES string of the molecule is CCC(C)NC(=O)C(=O)c1ccc(OC)c(OC)c1. The topological polar surface area (TPSA) is 64.6 Å². The molecule has 1 rings (SSSR count). The molecule has 0 radical (unpaired) electrons. The summed E-state index contributed by atoms with van der Waals surface area (Å²) in [6.07, 6.45) is 0.769. The lowest BCUT2D eigenvalue weighted by atomic mass is 10.1. The first kappa shape index (κ1) is 15.0. The number of benzene rings is 1. The normalized spacial score (nSPS) is 11.6. The van der Waals surface area contributed by atoms with Crippen molar-refractivity contribution in [3.05, 3.63) is 23.8 Å². The lowest BCUT2D eigenvalue weighted by molar-refractivity contribution is -0.117. The van der Waals surface area contributed by atoms with Crippen molar-refractivity contribution in [2.24, 2.45) is 0 Å². The molecule has 0 spiro atoms. The number of ketones is 1. The zero-order valence-corrected chi connectivity index (χ0v) is 11.6. The molecule has 0 saturated carbocycles. The summed E-state index contributed by atoms with van der Waals surface area (Å²) in [5.74, 6) is -0.256.